The van der Waals surface area contributed by atoms with Gasteiger partial charge in [-0.3, -0.25) is 0 Å². The van der Waals surface area contributed by atoms with Gasteiger partial charge in [-0.15, -0.1) is 0 Å². The van der Waals surface area contributed by atoms with Gasteiger partial charge in [0.05, 0.1) is 29.1 Å². The Kier molecular flexibility index (Phi) is 5.97. The average molecular weight is 456 g/mol. The van der Waals surface area contributed by atoms with E-state index in [1.165, 1.54) is 11.1 Å². The zero-order valence-corrected chi connectivity index (χ0v) is 19.6. The summed E-state index contributed by atoms with van der Waals surface area (Å²) < 4.78 is 7.52. The van der Waals surface area contributed by atoms with Gasteiger partial charge in [0, 0.05) is 24.8 Å². The van der Waals surface area contributed by atoms with Crippen molar-refractivity contribution in [2.45, 2.75) is 51.7 Å². The Morgan fingerprint density at radius 2 is 2.03 bits per heavy atom. The van der Waals surface area contributed by atoms with Gasteiger partial charge in [-0.25, -0.2) is 9.48 Å². The first-order valence-electron chi connectivity index (χ1n) is 12.0. The largest absolute Gasteiger partial charge is 0.490 e. The van der Waals surface area contributed by atoms with Crippen LogP contribution in [0.25, 0.3) is 16.9 Å². The molecular weight excluding hydrogens is 426 g/mol. The summed E-state index contributed by atoms with van der Waals surface area (Å²) in [5.74, 6) is 0.580. The lowest BCUT2D eigenvalue weighted by atomic mass is 10.00. The average Bonchev–Trinajstić information content (AvgIpc) is 3.60. The summed E-state index contributed by atoms with van der Waals surface area (Å²) in [5, 5.41) is 17.6. The number of likely N-dealkylation sites (tertiary alicyclic amines) is 1. The van der Waals surface area contributed by atoms with Crippen LogP contribution in [0.4, 0.5) is 4.79 Å². The maximum Gasteiger partial charge on any atom is 0.317 e. The van der Waals surface area contributed by atoms with Crippen LogP contribution in [0.1, 0.15) is 55.8 Å². The van der Waals surface area contributed by atoms with Gasteiger partial charge in [-0.1, -0.05) is 18.2 Å². The van der Waals surface area contributed by atoms with Crippen molar-refractivity contribution in [1.29, 1.82) is 5.26 Å². The molecule has 0 saturated carbocycles. The molecule has 1 saturated heterocycles. The normalized spacial score (nSPS) is 17.0. The highest BCUT2D eigenvalue weighted by Gasteiger charge is 2.29. The van der Waals surface area contributed by atoms with Crippen molar-refractivity contribution in [1.82, 2.24) is 20.0 Å². The third-order valence-electron chi connectivity index (χ3n) is 6.54. The van der Waals surface area contributed by atoms with Gasteiger partial charge in [0.25, 0.3) is 0 Å². The van der Waals surface area contributed by atoms with Gasteiger partial charge in [-0.05, 0) is 74.9 Å². The molecule has 174 valence electrons. The number of nitriles is 1. The second-order valence-electron chi connectivity index (χ2n) is 9.21. The van der Waals surface area contributed by atoms with E-state index in [1.54, 1.807) is 10.7 Å². The number of urea groups is 1. The predicted octanol–water partition coefficient (Wildman–Crippen LogP) is 4.99. The molecule has 7 nitrogen and oxygen atoms in total. The van der Waals surface area contributed by atoms with E-state index in [1.807, 2.05) is 49.2 Å². The Labute approximate surface area is 199 Å². The van der Waals surface area contributed by atoms with E-state index in [0.717, 1.165) is 55.7 Å². The van der Waals surface area contributed by atoms with Crippen LogP contribution < -0.4 is 10.1 Å². The minimum absolute atomic E-state index is 0.00149. The number of rotatable bonds is 5. The first kappa shape index (κ1) is 22.0. The van der Waals surface area contributed by atoms with E-state index in [4.69, 9.17) is 9.84 Å². The van der Waals surface area contributed by atoms with Crippen LogP contribution >= 0.6 is 0 Å². The smallest absolute Gasteiger partial charge is 0.317 e. The van der Waals surface area contributed by atoms with E-state index in [0.29, 0.717) is 11.3 Å². The summed E-state index contributed by atoms with van der Waals surface area (Å²) >= 11 is 0. The number of hydrogen-bond donors (Lipinski definition) is 1. The Hall–Kier alpha value is -3.79. The minimum atomic E-state index is -0.00149. The van der Waals surface area contributed by atoms with Gasteiger partial charge >= 0.3 is 6.03 Å². The lowest BCUT2D eigenvalue weighted by Gasteiger charge is -2.21. The van der Waals surface area contributed by atoms with E-state index in [9.17, 15) is 10.1 Å². The quantitative estimate of drug-likeness (QED) is 0.587. The van der Waals surface area contributed by atoms with Crippen molar-refractivity contribution in [3.63, 3.8) is 0 Å². The van der Waals surface area contributed by atoms with Crippen LogP contribution in [0.2, 0.25) is 0 Å². The number of carbonyl (C=O) groups is 1. The topological polar surface area (TPSA) is 83.2 Å². The summed E-state index contributed by atoms with van der Waals surface area (Å²) in [6, 6.07) is 16.1. The Morgan fingerprint density at radius 3 is 2.79 bits per heavy atom. The molecule has 2 heterocycles. The number of nitrogens with one attached hydrogen (secondary N) is 1. The van der Waals surface area contributed by atoms with Crippen molar-refractivity contribution in [2.24, 2.45) is 0 Å². The van der Waals surface area contributed by atoms with Crippen molar-refractivity contribution < 1.29 is 9.53 Å². The van der Waals surface area contributed by atoms with Crippen LogP contribution in [0.15, 0.2) is 48.7 Å². The second-order valence-corrected chi connectivity index (χ2v) is 9.21. The highest BCUT2D eigenvalue weighted by atomic mass is 16.5. The van der Waals surface area contributed by atoms with Gasteiger partial charge in [-0.2, -0.15) is 10.4 Å². The summed E-state index contributed by atoms with van der Waals surface area (Å²) in [6.45, 7) is 5.58. The Balaban J connectivity index is 1.39. The fourth-order valence-corrected chi connectivity index (χ4v) is 4.92. The number of hydrogen-bond acceptors (Lipinski definition) is 4. The maximum absolute atomic E-state index is 12.6. The van der Waals surface area contributed by atoms with Crippen LogP contribution in [0.5, 0.6) is 5.75 Å². The molecule has 34 heavy (non-hydrogen) atoms. The molecular formula is C27H29N5O2. The molecule has 1 unspecified atom stereocenters. The van der Waals surface area contributed by atoms with Gasteiger partial charge in [0.1, 0.15) is 11.8 Å². The molecule has 5 rings (SSSR count). The van der Waals surface area contributed by atoms with E-state index >= 15 is 0 Å². The summed E-state index contributed by atoms with van der Waals surface area (Å²) in [5.41, 5.74) is 5.70. The fourth-order valence-electron chi connectivity index (χ4n) is 4.92. The number of nitrogens with zero attached hydrogens (tertiary/aromatic N) is 4. The molecule has 1 aliphatic heterocycles. The number of carbonyl (C=O) groups excluding carboxylic acids is 1. The Bertz CT molecular complexity index is 1250. The molecule has 2 amide bonds. The molecule has 1 atom stereocenters. The first-order chi connectivity index (χ1) is 16.5. The van der Waals surface area contributed by atoms with Gasteiger partial charge in [0.2, 0.25) is 0 Å². The lowest BCUT2D eigenvalue weighted by Crippen LogP contribution is -2.39. The van der Waals surface area contributed by atoms with Crippen LogP contribution in [0, 0.1) is 11.3 Å². The van der Waals surface area contributed by atoms with Gasteiger partial charge in [0.15, 0.2) is 0 Å². The number of aromatic nitrogens is 2. The number of amides is 2. The van der Waals surface area contributed by atoms with E-state index < -0.39 is 0 Å². The highest BCUT2D eigenvalue weighted by molar-refractivity contribution is 5.76. The second kappa shape index (κ2) is 9.22. The van der Waals surface area contributed by atoms with Crippen molar-refractivity contribution in [3.8, 4) is 28.8 Å². The number of benzene rings is 2. The van der Waals surface area contributed by atoms with Crippen molar-refractivity contribution in [3.05, 3.63) is 65.4 Å². The van der Waals surface area contributed by atoms with Gasteiger partial charge < -0.3 is 15.0 Å². The summed E-state index contributed by atoms with van der Waals surface area (Å²) in [4.78, 5) is 14.5. The molecule has 0 bridgehead atoms. The fraction of sp³-hybridized carbons (Fsp3) is 0.370. The third-order valence-corrected chi connectivity index (χ3v) is 6.54. The Morgan fingerprint density at radius 1 is 1.21 bits per heavy atom. The van der Waals surface area contributed by atoms with Crippen LogP contribution in [0.3, 0.4) is 0 Å². The molecule has 1 N–H and O–H groups in total. The van der Waals surface area contributed by atoms with E-state index in [-0.39, 0.29) is 18.2 Å². The maximum atomic E-state index is 12.6. The predicted molar refractivity (Wildman–Crippen MR) is 130 cm³/mol. The first-order valence-corrected chi connectivity index (χ1v) is 12.0. The summed E-state index contributed by atoms with van der Waals surface area (Å²) in [6.07, 6.45) is 5.89. The zero-order valence-electron chi connectivity index (χ0n) is 19.6. The molecule has 2 aromatic carbocycles. The zero-order chi connectivity index (χ0) is 23.7. The minimum Gasteiger partial charge on any atom is -0.490 e. The SMILES string of the molecule is CC(C)Oc1ccc(-n2ccc(-c3cccc4c3CCC4NC(=O)N3CCCC3)n2)cc1C#N. The number of ether oxygens (including phenoxy) is 1. The van der Waals surface area contributed by atoms with Crippen LogP contribution in [-0.4, -0.2) is 39.9 Å². The van der Waals surface area contributed by atoms with Crippen LogP contribution in [-0.2, 0) is 6.42 Å². The summed E-state index contributed by atoms with van der Waals surface area (Å²) in [7, 11) is 0. The molecule has 0 spiro atoms. The molecule has 7 heteroatoms. The molecule has 1 fully saturated rings. The van der Waals surface area contributed by atoms with Crippen molar-refractivity contribution >= 4 is 6.03 Å². The van der Waals surface area contributed by atoms with Crippen molar-refractivity contribution in [2.75, 3.05) is 13.1 Å². The monoisotopic (exact) mass is 455 g/mol. The molecule has 1 aliphatic carbocycles. The molecule has 0 radical (unpaired) electrons. The third kappa shape index (κ3) is 4.24. The molecule has 2 aliphatic rings. The van der Waals surface area contributed by atoms with E-state index in [2.05, 4.69) is 23.5 Å². The highest BCUT2D eigenvalue weighted by Crippen LogP contribution is 2.37. The molecule has 3 aromatic rings. The standard InChI is InChI=1S/C27H29N5O2/c1-18(2)34-26-11-8-20(16-19(26)17-28)32-15-12-25(30-32)23-7-5-6-22-21(23)9-10-24(22)29-27(33)31-13-3-4-14-31/h5-8,11-12,15-16,18,24H,3-4,9-10,13-14H2,1-2H3,(H,29,33). The lowest BCUT2D eigenvalue weighted by molar-refractivity contribution is 0.204. The number of fused-ring (bicyclic) bond motifs is 1. The molecule has 1 aromatic heterocycles.